The number of rotatable bonds is 1. The molecule has 2 aliphatic carbocycles. The van der Waals surface area contributed by atoms with Gasteiger partial charge in [-0.25, -0.2) is 8.78 Å². The maximum Gasteiger partial charge on any atom is 0.135 e. The summed E-state index contributed by atoms with van der Waals surface area (Å²) in [6.45, 7) is 1.60. The summed E-state index contributed by atoms with van der Waals surface area (Å²) in [5.41, 5.74) is -0.927. The average Bonchev–Trinajstić information content (AvgIpc) is 2.92. The van der Waals surface area contributed by atoms with Crippen molar-refractivity contribution in [3.63, 3.8) is 0 Å². The summed E-state index contributed by atoms with van der Waals surface area (Å²) < 4.78 is 27.8. The molecule has 3 rings (SSSR count). The number of hydrogen-bond donors (Lipinski definition) is 1. The molecule has 1 N–H and O–H groups in total. The molecule has 0 aromatic heterocycles. The second-order valence-corrected chi connectivity index (χ2v) is 5.38. The van der Waals surface area contributed by atoms with E-state index in [4.69, 9.17) is 0 Å². The van der Waals surface area contributed by atoms with Gasteiger partial charge in [0.05, 0.1) is 5.56 Å². The Bertz CT molecular complexity index is 458. The normalized spacial score (nSPS) is 35.5. The van der Waals surface area contributed by atoms with E-state index in [1.54, 1.807) is 6.92 Å². The fraction of sp³-hybridized carbons (Fsp3) is 0.571. The van der Waals surface area contributed by atoms with Crippen molar-refractivity contribution in [3.8, 4) is 0 Å². The standard InChI is InChI=1S/C14H16F2O/c1-8-6-7-11(15)12(13(8)16)14(17)9-4-2-3-5-10(9)14/h6-7,9-10,17H,2-5H2,1H3. The number of fused-ring (bicyclic) bond motifs is 1. The second-order valence-electron chi connectivity index (χ2n) is 5.38. The van der Waals surface area contributed by atoms with Crippen LogP contribution in [0.1, 0.15) is 36.8 Å². The molecule has 2 atom stereocenters. The maximum absolute atomic E-state index is 14.0. The van der Waals surface area contributed by atoms with Crippen molar-refractivity contribution in [1.82, 2.24) is 0 Å². The summed E-state index contributed by atoms with van der Waals surface area (Å²) >= 11 is 0. The molecule has 0 spiro atoms. The molecule has 0 bridgehead atoms. The van der Waals surface area contributed by atoms with E-state index in [9.17, 15) is 13.9 Å². The molecular formula is C14H16F2O. The van der Waals surface area contributed by atoms with E-state index < -0.39 is 17.2 Å². The number of aryl methyl sites for hydroxylation is 1. The Kier molecular flexibility index (Phi) is 2.31. The van der Waals surface area contributed by atoms with Gasteiger partial charge in [-0.1, -0.05) is 18.9 Å². The van der Waals surface area contributed by atoms with Crippen LogP contribution in [-0.4, -0.2) is 5.11 Å². The molecule has 2 unspecified atom stereocenters. The minimum absolute atomic E-state index is 0.0575. The van der Waals surface area contributed by atoms with Gasteiger partial charge in [0.2, 0.25) is 0 Å². The zero-order valence-electron chi connectivity index (χ0n) is 9.84. The van der Waals surface area contributed by atoms with Crippen LogP contribution in [0.4, 0.5) is 8.78 Å². The molecular weight excluding hydrogens is 222 g/mol. The molecule has 0 saturated heterocycles. The van der Waals surface area contributed by atoms with Gasteiger partial charge in [-0.15, -0.1) is 0 Å². The Morgan fingerprint density at radius 1 is 1.18 bits per heavy atom. The van der Waals surface area contributed by atoms with E-state index in [1.165, 1.54) is 12.1 Å². The molecule has 0 heterocycles. The Balaban J connectivity index is 2.08. The van der Waals surface area contributed by atoms with Crippen LogP contribution in [0.25, 0.3) is 0 Å². The van der Waals surface area contributed by atoms with E-state index >= 15 is 0 Å². The lowest BCUT2D eigenvalue weighted by Gasteiger charge is -2.14. The van der Waals surface area contributed by atoms with E-state index in [2.05, 4.69) is 0 Å². The third-order valence-corrected chi connectivity index (χ3v) is 4.47. The van der Waals surface area contributed by atoms with E-state index in [-0.39, 0.29) is 17.4 Å². The lowest BCUT2D eigenvalue weighted by atomic mass is 10.00. The van der Waals surface area contributed by atoms with Gasteiger partial charge in [0.25, 0.3) is 0 Å². The average molecular weight is 238 g/mol. The van der Waals surface area contributed by atoms with Gasteiger partial charge < -0.3 is 5.11 Å². The van der Waals surface area contributed by atoms with Gasteiger partial charge in [0.1, 0.15) is 17.2 Å². The van der Waals surface area contributed by atoms with Crippen LogP contribution in [0.15, 0.2) is 12.1 Å². The second kappa shape index (κ2) is 3.52. The molecule has 3 heteroatoms. The van der Waals surface area contributed by atoms with Crippen molar-refractivity contribution >= 4 is 0 Å². The van der Waals surface area contributed by atoms with Gasteiger partial charge in [-0.05, 0) is 43.2 Å². The smallest absolute Gasteiger partial charge is 0.135 e. The molecule has 0 aliphatic heterocycles. The predicted molar refractivity (Wildman–Crippen MR) is 60.4 cm³/mol. The summed E-state index contributed by atoms with van der Waals surface area (Å²) in [6, 6.07) is 2.68. The van der Waals surface area contributed by atoms with Gasteiger partial charge in [-0.3, -0.25) is 0 Å². The lowest BCUT2D eigenvalue weighted by molar-refractivity contribution is 0.109. The fourth-order valence-electron chi connectivity index (χ4n) is 3.49. The number of aliphatic hydroxyl groups is 1. The van der Waals surface area contributed by atoms with Crippen molar-refractivity contribution in [3.05, 3.63) is 34.9 Å². The lowest BCUT2D eigenvalue weighted by Crippen LogP contribution is -2.16. The number of hydrogen-bond acceptors (Lipinski definition) is 1. The summed E-state index contributed by atoms with van der Waals surface area (Å²) in [6.07, 6.45) is 3.87. The third kappa shape index (κ3) is 1.38. The Labute approximate surface area is 99.5 Å². The highest BCUT2D eigenvalue weighted by atomic mass is 19.1. The third-order valence-electron chi connectivity index (χ3n) is 4.47. The van der Waals surface area contributed by atoms with Crippen molar-refractivity contribution < 1.29 is 13.9 Å². The zero-order valence-corrected chi connectivity index (χ0v) is 9.84. The topological polar surface area (TPSA) is 20.2 Å². The highest BCUT2D eigenvalue weighted by Gasteiger charge is 2.66. The predicted octanol–water partition coefficient (Wildman–Crippen LogP) is 3.28. The minimum Gasteiger partial charge on any atom is -0.384 e. The summed E-state index contributed by atoms with van der Waals surface area (Å²) in [4.78, 5) is 0. The molecule has 1 nitrogen and oxygen atoms in total. The first-order valence-electron chi connectivity index (χ1n) is 6.24. The molecule has 0 radical (unpaired) electrons. The van der Waals surface area contributed by atoms with Crippen molar-refractivity contribution in [2.45, 2.75) is 38.2 Å². The highest BCUT2D eigenvalue weighted by Crippen LogP contribution is 2.65. The van der Waals surface area contributed by atoms with E-state index in [0.717, 1.165) is 25.7 Å². The Morgan fingerprint density at radius 3 is 2.35 bits per heavy atom. The van der Waals surface area contributed by atoms with E-state index in [0.29, 0.717) is 5.56 Å². The van der Waals surface area contributed by atoms with Crippen LogP contribution in [-0.2, 0) is 5.60 Å². The Hall–Kier alpha value is -0.960. The highest BCUT2D eigenvalue weighted by molar-refractivity contribution is 5.38. The fourth-order valence-corrected chi connectivity index (χ4v) is 3.49. The Morgan fingerprint density at radius 2 is 1.76 bits per heavy atom. The van der Waals surface area contributed by atoms with Crippen LogP contribution in [0.3, 0.4) is 0 Å². The maximum atomic E-state index is 14.0. The molecule has 2 aliphatic rings. The molecule has 2 fully saturated rings. The molecule has 1 aromatic rings. The molecule has 2 saturated carbocycles. The van der Waals surface area contributed by atoms with Crippen LogP contribution < -0.4 is 0 Å². The van der Waals surface area contributed by atoms with Gasteiger partial charge in [-0.2, -0.15) is 0 Å². The first kappa shape index (κ1) is 11.1. The number of benzene rings is 1. The largest absolute Gasteiger partial charge is 0.384 e. The van der Waals surface area contributed by atoms with Crippen LogP contribution in [0.2, 0.25) is 0 Å². The minimum atomic E-state index is -1.24. The quantitative estimate of drug-likeness (QED) is 0.796. The molecule has 92 valence electrons. The molecule has 0 amide bonds. The van der Waals surface area contributed by atoms with Crippen LogP contribution >= 0.6 is 0 Å². The van der Waals surface area contributed by atoms with Gasteiger partial charge >= 0.3 is 0 Å². The number of halogens is 2. The molecule has 17 heavy (non-hydrogen) atoms. The SMILES string of the molecule is Cc1ccc(F)c(C2(O)C3CCCCC32)c1F. The van der Waals surface area contributed by atoms with E-state index in [1.807, 2.05) is 0 Å². The summed E-state index contributed by atoms with van der Waals surface area (Å²) in [5, 5.41) is 10.6. The zero-order chi connectivity index (χ0) is 12.2. The van der Waals surface area contributed by atoms with Gasteiger partial charge in [0.15, 0.2) is 0 Å². The first-order chi connectivity index (χ1) is 8.06. The molecule has 1 aromatic carbocycles. The van der Waals surface area contributed by atoms with Gasteiger partial charge in [0, 0.05) is 0 Å². The monoisotopic (exact) mass is 238 g/mol. The van der Waals surface area contributed by atoms with Crippen molar-refractivity contribution in [2.24, 2.45) is 11.8 Å². The van der Waals surface area contributed by atoms with Crippen molar-refractivity contribution in [2.75, 3.05) is 0 Å². The van der Waals surface area contributed by atoms with Crippen LogP contribution in [0.5, 0.6) is 0 Å². The van der Waals surface area contributed by atoms with Crippen molar-refractivity contribution in [1.29, 1.82) is 0 Å². The summed E-state index contributed by atoms with van der Waals surface area (Å²) in [7, 11) is 0. The van der Waals surface area contributed by atoms with Crippen LogP contribution in [0, 0.1) is 30.4 Å². The first-order valence-corrected chi connectivity index (χ1v) is 6.24. The summed E-state index contributed by atoms with van der Waals surface area (Å²) in [5.74, 6) is -1.06.